The summed E-state index contributed by atoms with van der Waals surface area (Å²) < 4.78 is 38.7. The van der Waals surface area contributed by atoms with Gasteiger partial charge >= 0.3 is 0 Å². The van der Waals surface area contributed by atoms with Crippen LogP contribution in [0.2, 0.25) is 0 Å². The number of fused-ring (bicyclic) bond motifs is 1. The molecule has 9 heteroatoms. The molecule has 6 nitrogen and oxygen atoms in total. The van der Waals surface area contributed by atoms with Crippen LogP contribution >= 0.6 is 11.8 Å². The Morgan fingerprint density at radius 3 is 2.71 bits per heavy atom. The number of pyridine rings is 1. The summed E-state index contributed by atoms with van der Waals surface area (Å²) in [5.74, 6) is 1.66. The highest BCUT2D eigenvalue weighted by atomic mass is 32.2. The van der Waals surface area contributed by atoms with Gasteiger partial charge in [-0.05, 0) is 18.6 Å². The van der Waals surface area contributed by atoms with Crippen molar-refractivity contribution in [2.45, 2.75) is 30.7 Å². The molecule has 150 valence electrons. The molecular formula is C19H22F2N4O2S. The predicted octanol–water partition coefficient (Wildman–Crippen LogP) is 4.63. The van der Waals surface area contributed by atoms with Crippen molar-refractivity contribution in [1.82, 2.24) is 14.6 Å². The van der Waals surface area contributed by atoms with Crippen LogP contribution in [-0.2, 0) is 5.75 Å². The second kappa shape index (κ2) is 9.09. The minimum atomic E-state index is -2.53. The molecule has 3 aromatic rings. The highest BCUT2D eigenvalue weighted by Crippen LogP contribution is 2.34. The van der Waals surface area contributed by atoms with Gasteiger partial charge in [-0.15, -0.1) is 0 Å². The van der Waals surface area contributed by atoms with Crippen LogP contribution in [0, 0.1) is 0 Å². The molecule has 1 aromatic carbocycles. The number of thioether (sulfide) groups is 1. The summed E-state index contributed by atoms with van der Waals surface area (Å²) in [6, 6.07) is 6.26. The van der Waals surface area contributed by atoms with Crippen LogP contribution in [0.5, 0.6) is 11.5 Å². The van der Waals surface area contributed by atoms with Crippen LogP contribution in [0.25, 0.3) is 11.0 Å². The van der Waals surface area contributed by atoms with E-state index < -0.39 is 6.43 Å². The summed E-state index contributed by atoms with van der Waals surface area (Å²) in [7, 11) is 3.14. The molecule has 3 rings (SSSR count). The minimum absolute atomic E-state index is 0.0414. The van der Waals surface area contributed by atoms with Crippen LogP contribution in [0.4, 0.5) is 8.78 Å². The molecular weight excluding hydrogens is 386 g/mol. The van der Waals surface area contributed by atoms with Gasteiger partial charge in [-0.3, -0.25) is 4.98 Å². The summed E-state index contributed by atoms with van der Waals surface area (Å²) in [5.41, 5.74) is 5.25. The lowest BCUT2D eigenvalue weighted by molar-refractivity contribution is 0.151. The molecule has 0 fully saturated rings. The Morgan fingerprint density at radius 2 is 2.04 bits per heavy atom. The van der Waals surface area contributed by atoms with Crippen LogP contribution in [0.3, 0.4) is 0 Å². The average Bonchev–Trinajstić information content (AvgIpc) is 3.06. The Labute approximate surface area is 166 Å². The number of methoxy groups -OCH3 is 2. The molecule has 0 aliphatic carbocycles. The normalized spacial score (nSPS) is 11.2. The summed E-state index contributed by atoms with van der Waals surface area (Å²) in [6.07, 6.45) is 0.0498. The maximum Gasteiger partial charge on any atom is 0.263 e. The zero-order valence-corrected chi connectivity index (χ0v) is 16.7. The van der Waals surface area contributed by atoms with Crippen molar-refractivity contribution in [1.29, 1.82) is 0 Å². The van der Waals surface area contributed by atoms with Crippen molar-refractivity contribution >= 4 is 22.8 Å². The molecule has 0 saturated heterocycles. The topological polar surface area (TPSA) is 61.2 Å². The van der Waals surface area contributed by atoms with Crippen molar-refractivity contribution < 1.29 is 18.3 Å². The van der Waals surface area contributed by atoms with Gasteiger partial charge in [0.1, 0.15) is 0 Å². The highest BCUT2D eigenvalue weighted by molar-refractivity contribution is 7.98. The van der Waals surface area contributed by atoms with E-state index in [0.29, 0.717) is 33.6 Å². The van der Waals surface area contributed by atoms with Gasteiger partial charge < -0.3 is 14.9 Å². The molecule has 0 atom stereocenters. The number of ether oxygens (including phenoxy) is 2. The van der Waals surface area contributed by atoms with Crippen molar-refractivity contribution in [3.05, 3.63) is 41.7 Å². The number of hydrogen-bond acceptors (Lipinski definition) is 6. The largest absolute Gasteiger partial charge is 0.493 e. The van der Waals surface area contributed by atoms with Gasteiger partial charge in [0.2, 0.25) is 0 Å². The van der Waals surface area contributed by atoms with Crippen molar-refractivity contribution in [3.63, 3.8) is 0 Å². The quantitative estimate of drug-likeness (QED) is 0.521. The smallest absolute Gasteiger partial charge is 0.263 e. The molecule has 0 unspecified atom stereocenters. The second-order valence-electron chi connectivity index (χ2n) is 5.97. The number of alkyl halides is 2. The third kappa shape index (κ3) is 4.14. The fourth-order valence-electron chi connectivity index (χ4n) is 2.77. The minimum Gasteiger partial charge on any atom is -0.493 e. The second-order valence-corrected chi connectivity index (χ2v) is 6.91. The van der Waals surface area contributed by atoms with Crippen LogP contribution in [0.1, 0.15) is 31.0 Å². The number of rotatable bonds is 9. The van der Waals surface area contributed by atoms with E-state index in [-0.39, 0.29) is 5.56 Å². The molecule has 28 heavy (non-hydrogen) atoms. The molecule has 0 spiro atoms. The zero-order chi connectivity index (χ0) is 20.1. The Balaban J connectivity index is 1.93. The van der Waals surface area contributed by atoms with Gasteiger partial charge in [-0.1, -0.05) is 24.8 Å². The molecule has 0 radical (unpaired) electrons. The van der Waals surface area contributed by atoms with Crippen molar-refractivity contribution in [2.24, 2.45) is 0 Å². The maximum absolute atomic E-state index is 13.0. The van der Waals surface area contributed by atoms with E-state index >= 15 is 0 Å². The van der Waals surface area contributed by atoms with E-state index in [4.69, 9.17) is 9.47 Å². The third-order valence-corrected chi connectivity index (χ3v) is 5.07. The van der Waals surface area contributed by atoms with Crippen LogP contribution in [0.15, 0.2) is 35.6 Å². The van der Waals surface area contributed by atoms with Crippen molar-refractivity contribution in [3.8, 4) is 11.5 Å². The molecule has 2 heterocycles. The molecule has 0 amide bonds. The number of aromatic nitrogens is 3. The van der Waals surface area contributed by atoms with Gasteiger partial charge in [-0.25, -0.2) is 18.4 Å². The van der Waals surface area contributed by atoms with Gasteiger partial charge in [0.25, 0.3) is 6.43 Å². The maximum atomic E-state index is 13.0. The zero-order valence-electron chi connectivity index (χ0n) is 15.9. The Hall–Kier alpha value is -2.55. The van der Waals surface area contributed by atoms with Crippen LogP contribution < -0.4 is 14.9 Å². The van der Waals surface area contributed by atoms with Gasteiger partial charge in [0, 0.05) is 30.1 Å². The Kier molecular flexibility index (Phi) is 6.56. The first-order valence-electron chi connectivity index (χ1n) is 8.82. The number of nitrogens with one attached hydrogen (secondary N) is 1. The van der Waals surface area contributed by atoms with E-state index in [1.807, 2.05) is 4.68 Å². The standard InChI is InChI=1S/C19H22F2N4O2S/c1-4-8-23-25-15-6-5-12(18(20)21)10-13(15)24-19(25)28-11-14-17(27-3)16(26-2)7-9-22-14/h5-7,9-10,18,23H,4,8,11H2,1-3H3. The fourth-order valence-corrected chi connectivity index (χ4v) is 3.70. The number of imidazole rings is 1. The summed E-state index contributed by atoms with van der Waals surface area (Å²) in [4.78, 5) is 8.93. The molecule has 2 aromatic heterocycles. The molecule has 0 aliphatic heterocycles. The van der Waals surface area contributed by atoms with E-state index in [9.17, 15) is 8.78 Å². The summed E-state index contributed by atoms with van der Waals surface area (Å²) >= 11 is 1.44. The monoisotopic (exact) mass is 408 g/mol. The number of halogens is 2. The first-order chi connectivity index (χ1) is 13.6. The fraction of sp³-hybridized carbons (Fsp3) is 0.368. The first-order valence-corrected chi connectivity index (χ1v) is 9.80. The van der Waals surface area contributed by atoms with Gasteiger partial charge in [0.05, 0.1) is 30.9 Å². The van der Waals surface area contributed by atoms with E-state index in [1.165, 1.54) is 23.9 Å². The number of hydrogen-bond donors (Lipinski definition) is 1. The first kappa shape index (κ1) is 20.2. The average molecular weight is 408 g/mol. The summed E-state index contributed by atoms with van der Waals surface area (Å²) in [5, 5.41) is 0.668. The Morgan fingerprint density at radius 1 is 1.21 bits per heavy atom. The van der Waals surface area contributed by atoms with Crippen LogP contribution in [-0.4, -0.2) is 35.4 Å². The van der Waals surface area contributed by atoms with Gasteiger partial charge in [0.15, 0.2) is 16.7 Å². The molecule has 0 saturated carbocycles. The van der Waals surface area contributed by atoms with Gasteiger partial charge in [-0.2, -0.15) is 0 Å². The number of benzene rings is 1. The van der Waals surface area contributed by atoms with Crippen molar-refractivity contribution in [2.75, 3.05) is 26.2 Å². The molecule has 0 bridgehead atoms. The number of nitrogens with zero attached hydrogens (tertiary/aromatic N) is 3. The third-order valence-electron chi connectivity index (χ3n) is 4.12. The predicted molar refractivity (Wildman–Crippen MR) is 106 cm³/mol. The lowest BCUT2D eigenvalue weighted by atomic mass is 10.2. The lowest BCUT2D eigenvalue weighted by Crippen LogP contribution is -2.16. The SMILES string of the molecule is CCCNn1c(SCc2nccc(OC)c2OC)nc2cc(C(F)F)ccc21. The lowest BCUT2D eigenvalue weighted by Gasteiger charge is -2.13. The van der Waals surface area contributed by atoms with E-state index in [2.05, 4.69) is 22.3 Å². The molecule has 1 N–H and O–H groups in total. The van der Waals surface area contributed by atoms with E-state index in [0.717, 1.165) is 18.5 Å². The van der Waals surface area contributed by atoms with E-state index in [1.54, 1.807) is 32.5 Å². The molecule has 0 aliphatic rings. The highest BCUT2D eigenvalue weighted by Gasteiger charge is 2.17. The summed E-state index contributed by atoms with van der Waals surface area (Å²) in [6.45, 7) is 2.79. The Bertz CT molecular complexity index is 949.